The second-order valence-corrected chi connectivity index (χ2v) is 5.13. The molecule has 96 valence electrons. The SMILES string of the molecule is CCOc1ccc2cccc(S(=O)(=O)O)c2c1N. The minimum atomic E-state index is -4.32. The van der Waals surface area contributed by atoms with E-state index in [0.29, 0.717) is 17.7 Å². The Balaban J connectivity index is 2.85. The standard InChI is InChI=1S/C12H13NO4S/c1-2-17-9-7-6-8-4-3-5-10(18(14,15)16)11(8)12(9)13/h3-7H,2,13H2,1H3,(H,14,15,16). The smallest absolute Gasteiger partial charge is 0.295 e. The lowest BCUT2D eigenvalue weighted by atomic mass is 10.1. The van der Waals surface area contributed by atoms with Crippen LogP contribution >= 0.6 is 0 Å². The molecule has 2 rings (SSSR count). The van der Waals surface area contributed by atoms with Crippen LogP contribution in [0.15, 0.2) is 35.2 Å². The predicted octanol–water partition coefficient (Wildman–Crippen LogP) is 2.07. The van der Waals surface area contributed by atoms with E-state index in [4.69, 9.17) is 10.5 Å². The van der Waals surface area contributed by atoms with Crippen LogP contribution in [-0.4, -0.2) is 19.6 Å². The Labute approximate surface area is 105 Å². The van der Waals surface area contributed by atoms with E-state index in [0.717, 1.165) is 0 Å². The quantitative estimate of drug-likeness (QED) is 0.656. The number of anilines is 1. The number of rotatable bonds is 3. The van der Waals surface area contributed by atoms with Crippen LogP contribution in [0.4, 0.5) is 5.69 Å². The summed E-state index contributed by atoms with van der Waals surface area (Å²) in [6.45, 7) is 2.22. The van der Waals surface area contributed by atoms with Gasteiger partial charge in [0.05, 0.1) is 12.3 Å². The molecule has 5 nitrogen and oxygen atoms in total. The van der Waals surface area contributed by atoms with E-state index in [1.165, 1.54) is 6.07 Å². The van der Waals surface area contributed by atoms with Crippen LogP contribution in [-0.2, 0) is 10.1 Å². The predicted molar refractivity (Wildman–Crippen MR) is 69.3 cm³/mol. The second-order valence-electron chi connectivity index (χ2n) is 3.74. The van der Waals surface area contributed by atoms with Gasteiger partial charge in [-0.3, -0.25) is 4.55 Å². The van der Waals surface area contributed by atoms with Crippen LogP contribution in [0.25, 0.3) is 10.8 Å². The molecule has 0 amide bonds. The molecule has 0 atom stereocenters. The maximum Gasteiger partial charge on any atom is 0.295 e. The van der Waals surface area contributed by atoms with Gasteiger partial charge < -0.3 is 10.5 Å². The van der Waals surface area contributed by atoms with Crippen molar-refractivity contribution in [3.05, 3.63) is 30.3 Å². The zero-order valence-corrected chi connectivity index (χ0v) is 10.6. The first-order valence-corrected chi connectivity index (χ1v) is 6.80. The normalized spacial score (nSPS) is 11.7. The maximum atomic E-state index is 11.3. The highest BCUT2D eigenvalue weighted by Crippen LogP contribution is 2.34. The van der Waals surface area contributed by atoms with E-state index in [1.807, 2.05) is 0 Å². The lowest BCUT2D eigenvalue weighted by molar-refractivity contribution is 0.342. The zero-order chi connectivity index (χ0) is 13.3. The third kappa shape index (κ3) is 2.12. The molecule has 6 heteroatoms. The first kappa shape index (κ1) is 12.7. The third-order valence-electron chi connectivity index (χ3n) is 2.59. The van der Waals surface area contributed by atoms with Crippen LogP contribution in [0, 0.1) is 0 Å². The van der Waals surface area contributed by atoms with Crippen LogP contribution in [0.3, 0.4) is 0 Å². The molecule has 18 heavy (non-hydrogen) atoms. The average Bonchev–Trinajstić information content (AvgIpc) is 2.31. The van der Waals surface area contributed by atoms with Gasteiger partial charge in [-0.15, -0.1) is 0 Å². The van der Waals surface area contributed by atoms with Gasteiger partial charge in [-0.05, 0) is 24.4 Å². The Kier molecular flexibility index (Phi) is 3.14. The Morgan fingerprint density at radius 2 is 2.00 bits per heavy atom. The molecule has 0 aliphatic heterocycles. The van der Waals surface area contributed by atoms with Crippen LogP contribution in [0.2, 0.25) is 0 Å². The highest BCUT2D eigenvalue weighted by atomic mass is 32.2. The molecule has 0 heterocycles. The maximum absolute atomic E-state index is 11.3. The van der Waals surface area contributed by atoms with E-state index in [-0.39, 0.29) is 16.0 Å². The number of ether oxygens (including phenoxy) is 1. The molecule has 0 unspecified atom stereocenters. The highest BCUT2D eigenvalue weighted by Gasteiger charge is 2.17. The first-order chi connectivity index (χ1) is 8.45. The Bertz CT molecular complexity index is 695. The van der Waals surface area contributed by atoms with Crippen molar-refractivity contribution in [1.82, 2.24) is 0 Å². The van der Waals surface area contributed by atoms with Crippen molar-refractivity contribution < 1.29 is 17.7 Å². The summed E-state index contributed by atoms with van der Waals surface area (Å²) in [4.78, 5) is -0.209. The molecule has 0 aliphatic carbocycles. The Morgan fingerprint density at radius 1 is 1.28 bits per heavy atom. The minimum absolute atomic E-state index is 0.209. The second kappa shape index (κ2) is 4.47. The zero-order valence-electron chi connectivity index (χ0n) is 9.75. The molecule has 2 aromatic carbocycles. The highest BCUT2D eigenvalue weighted by molar-refractivity contribution is 7.86. The van der Waals surface area contributed by atoms with Crippen molar-refractivity contribution in [2.45, 2.75) is 11.8 Å². The summed E-state index contributed by atoms with van der Waals surface area (Å²) in [7, 11) is -4.32. The molecule has 0 saturated carbocycles. The largest absolute Gasteiger partial charge is 0.492 e. The number of hydrogen-bond acceptors (Lipinski definition) is 4. The van der Waals surface area contributed by atoms with Crippen molar-refractivity contribution in [3.63, 3.8) is 0 Å². The van der Waals surface area contributed by atoms with Gasteiger partial charge in [0, 0.05) is 5.39 Å². The number of hydrogen-bond donors (Lipinski definition) is 2. The van der Waals surface area contributed by atoms with Crippen molar-refractivity contribution >= 4 is 26.6 Å². The lowest BCUT2D eigenvalue weighted by Crippen LogP contribution is -2.03. The molecule has 0 aliphatic rings. The molecule has 2 aromatic rings. The van der Waals surface area contributed by atoms with Gasteiger partial charge in [-0.2, -0.15) is 8.42 Å². The number of nitrogens with two attached hydrogens (primary N) is 1. The van der Waals surface area contributed by atoms with Gasteiger partial charge in [-0.25, -0.2) is 0 Å². The van der Waals surface area contributed by atoms with E-state index in [9.17, 15) is 13.0 Å². The van der Waals surface area contributed by atoms with Gasteiger partial charge in [0.15, 0.2) is 0 Å². The molecule has 0 saturated heterocycles. The average molecular weight is 267 g/mol. The summed E-state index contributed by atoms with van der Waals surface area (Å²) in [5.41, 5.74) is 6.11. The first-order valence-electron chi connectivity index (χ1n) is 5.36. The molecule has 0 fully saturated rings. The lowest BCUT2D eigenvalue weighted by Gasteiger charge is -2.11. The summed E-state index contributed by atoms with van der Waals surface area (Å²) >= 11 is 0. The topological polar surface area (TPSA) is 89.6 Å². The van der Waals surface area contributed by atoms with Gasteiger partial charge in [-0.1, -0.05) is 18.2 Å². The van der Waals surface area contributed by atoms with Gasteiger partial charge in [0.25, 0.3) is 10.1 Å². The summed E-state index contributed by atoms with van der Waals surface area (Å²) in [5, 5.41) is 0.914. The van der Waals surface area contributed by atoms with Crippen molar-refractivity contribution in [2.75, 3.05) is 12.3 Å². The van der Waals surface area contributed by atoms with Gasteiger partial charge in [0.1, 0.15) is 10.6 Å². The summed E-state index contributed by atoms with van der Waals surface area (Å²) in [6.07, 6.45) is 0. The number of benzene rings is 2. The Hall–Kier alpha value is -1.79. The monoisotopic (exact) mass is 267 g/mol. The van der Waals surface area contributed by atoms with Crippen LogP contribution in [0.1, 0.15) is 6.92 Å². The third-order valence-corrected chi connectivity index (χ3v) is 3.48. The van der Waals surface area contributed by atoms with Crippen molar-refractivity contribution in [1.29, 1.82) is 0 Å². The fourth-order valence-corrected chi connectivity index (χ4v) is 2.59. The van der Waals surface area contributed by atoms with Crippen LogP contribution in [0.5, 0.6) is 5.75 Å². The molecule has 0 aromatic heterocycles. The summed E-state index contributed by atoms with van der Waals surface area (Å²) in [6, 6.07) is 7.95. The molecule has 0 spiro atoms. The van der Waals surface area contributed by atoms with Crippen molar-refractivity contribution in [2.24, 2.45) is 0 Å². The molecule has 3 N–H and O–H groups in total. The van der Waals surface area contributed by atoms with E-state index in [2.05, 4.69) is 0 Å². The molecular weight excluding hydrogens is 254 g/mol. The number of fused-ring (bicyclic) bond motifs is 1. The molecule has 0 radical (unpaired) electrons. The van der Waals surface area contributed by atoms with Crippen molar-refractivity contribution in [3.8, 4) is 5.75 Å². The minimum Gasteiger partial charge on any atom is -0.492 e. The van der Waals surface area contributed by atoms with E-state index < -0.39 is 10.1 Å². The fourth-order valence-electron chi connectivity index (χ4n) is 1.85. The van der Waals surface area contributed by atoms with Gasteiger partial charge in [0.2, 0.25) is 0 Å². The van der Waals surface area contributed by atoms with E-state index in [1.54, 1.807) is 31.2 Å². The number of nitrogen functional groups attached to an aromatic ring is 1. The Morgan fingerprint density at radius 3 is 2.61 bits per heavy atom. The van der Waals surface area contributed by atoms with Gasteiger partial charge >= 0.3 is 0 Å². The van der Waals surface area contributed by atoms with Crippen LogP contribution < -0.4 is 10.5 Å². The molecule has 0 bridgehead atoms. The molecular formula is C12H13NO4S. The summed E-state index contributed by atoms with van der Waals surface area (Å²) < 4.78 is 37.2. The fraction of sp³-hybridized carbons (Fsp3) is 0.167. The van der Waals surface area contributed by atoms with E-state index >= 15 is 0 Å². The summed E-state index contributed by atoms with van der Waals surface area (Å²) in [5.74, 6) is 0.404.